The minimum Gasteiger partial charge on any atom is -0.451 e. The third kappa shape index (κ3) is 6.47. The van der Waals surface area contributed by atoms with Crippen molar-refractivity contribution in [3.63, 3.8) is 0 Å². The molecule has 2 amide bonds. The number of nitrogens with one attached hydrogen (secondary N) is 1. The van der Waals surface area contributed by atoms with Gasteiger partial charge in [0.15, 0.2) is 33.3 Å². The van der Waals surface area contributed by atoms with Crippen molar-refractivity contribution < 1.29 is 32.3 Å². The van der Waals surface area contributed by atoms with Gasteiger partial charge in [-0.05, 0) is 36.3 Å². The van der Waals surface area contributed by atoms with Crippen molar-refractivity contribution in [2.75, 3.05) is 6.61 Å². The third-order valence-electron chi connectivity index (χ3n) is 8.12. The number of guanidine groups is 1. The fraction of sp³-hybridized carbons (Fsp3) is 0.212. The molecule has 0 saturated carbocycles. The number of amides is 2. The predicted octanol–water partition coefficient (Wildman–Crippen LogP) is 2.81. The summed E-state index contributed by atoms with van der Waals surface area (Å²) in [7, 11) is -4.41. The zero-order chi connectivity index (χ0) is 34.8. The first-order chi connectivity index (χ1) is 23.5. The Kier molecular flexibility index (Phi) is 9.16. The lowest BCUT2D eigenvalue weighted by atomic mass is 9.94. The number of fused-ring (bicyclic) bond motifs is 1. The lowest BCUT2D eigenvalue weighted by molar-refractivity contribution is -0.161. The molecular formula is C33H31N7O7S2. The van der Waals surface area contributed by atoms with Crippen LogP contribution in [0, 0.1) is 0 Å². The second kappa shape index (κ2) is 13.5. The lowest BCUT2D eigenvalue weighted by Gasteiger charge is -2.39. The number of nitrogens with zero attached hydrogens (tertiary/aromatic N) is 4. The first-order valence-electron chi connectivity index (χ1n) is 14.9. The van der Waals surface area contributed by atoms with E-state index < -0.39 is 56.7 Å². The number of aromatic nitrogens is 2. The molecule has 4 aromatic rings. The molecule has 2 aromatic carbocycles. The highest BCUT2D eigenvalue weighted by atomic mass is 32.2. The highest BCUT2D eigenvalue weighted by Gasteiger charge is 2.73. The smallest absolute Gasteiger partial charge is 0.407 e. The molecule has 5 N–H and O–H groups in total. The maximum atomic E-state index is 14.3. The Morgan fingerprint density at radius 3 is 2.33 bits per heavy atom. The van der Waals surface area contributed by atoms with Crippen molar-refractivity contribution in [3.8, 4) is 0 Å². The van der Waals surface area contributed by atoms with E-state index in [1.807, 2.05) is 12.1 Å². The Bertz CT molecular complexity index is 2000. The van der Waals surface area contributed by atoms with Crippen LogP contribution >= 0.6 is 11.3 Å². The minimum atomic E-state index is -4.41. The summed E-state index contributed by atoms with van der Waals surface area (Å²) in [5.41, 5.74) is 12.7. The average molecular weight is 702 g/mol. The summed E-state index contributed by atoms with van der Waals surface area (Å²) in [4.78, 5) is 53.9. The summed E-state index contributed by atoms with van der Waals surface area (Å²) in [5, 5.41) is 2.91. The van der Waals surface area contributed by atoms with E-state index in [4.69, 9.17) is 20.9 Å². The summed E-state index contributed by atoms with van der Waals surface area (Å²) < 4.78 is 38.1. The zero-order valence-electron chi connectivity index (χ0n) is 26.0. The van der Waals surface area contributed by atoms with Gasteiger partial charge < -0.3 is 31.2 Å². The molecule has 6 rings (SSSR count). The lowest BCUT2D eigenvalue weighted by Crippen LogP contribution is -2.60. The molecule has 4 heterocycles. The molecule has 2 aromatic heterocycles. The second-order valence-corrected chi connectivity index (χ2v) is 14.7. The van der Waals surface area contributed by atoms with Crippen LogP contribution in [-0.4, -0.2) is 70.0 Å². The van der Waals surface area contributed by atoms with Gasteiger partial charge in [-0.25, -0.2) is 23.0 Å². The number of rotatable bonds is 10. The molecule has 14 nitrogen and oxygen atoms in total. The highest BCUT2D eigenvalue weighted by Crippen LogP contribution is 2.50. The van der Waals surface area contributed by atoms with Crippen molar-refractivity contribution in [2.24, 2.45) is 16.5 Å². The standard InChI is InChI=1S/C33H31N7O7S2/c1-33(19-46-32(43)37-17-23-18-48-31(38-23)39-30(34)35)26(29(42)47-25(20-10-4-2-5-11-20)21-12-6-3-7-13-21)40-27(41)24(28(40)49(33,44)45)16-22-14-8-9-15-36-22/h2-16,18,25-26,28H,17,19H2,1H3,(H,37,43)(H4,34,35,38,39)/b24-16-/t26-,28+,33-/m0/s1. The first kappa shape index (κ1) is 33.3. The Hall–Kier alpha value is -5.61. The number of carbonyl (C=O) groups excluding carboxylic acids is 3. The number of alkyl carbamates (subject to hydrolysis) is 1. The number of aliphatic imine (C=N–C) groups is 1. The molecule has 2 aliphatic heterocycles. The Morgan fingerprint density at radius 1 is 1.06 bits per heavy atom. The molecule has 0 radical (unpaired) electrons. The quantitative estimate of drug-likeness (QED) is 0.0720. The molecule has 252 valence electrons. The SMILES string of the molecule is C[C@]1(COC(=O)NCc2csc(N=C(N)N)n2)[C@H](C(=O)OC(c2ccccc2)c2ccccc2)N2C(=O)/C(=C/c3ccccn3)[C@H]2S1(=O)=O. The number of benzene rings is 2. The summed E-state index contributed by atoms with van der Waals surface area (Å²) in [5.74, 6) is -1.83. The van der Waals surface area contributed by atoms with E-state index in [1.54, 1.807) is 72.1 Å². The monoisotopic (exact) mass is 701 g/mol. The highest BCUT2D eigenvalue weighted by molar-refractivity contribution is 7.94. The summed E-state index contributed by atoms with van der Waals surface area (Å²) in [6.45, 7) is 0.424. The Morgan fingerprint density at radius 2 is 1.71 bits per heavy atom. The van der Waals surface area contributed by atoms with Crippen LogP contribution in [0.5, 0.6) is 0 Å². The van der Waals surface area contributed by atoms with Gasteiger partial charge in [-0.1, -0.05) is 66.7 Å². The number of nitrogens with two attached hydrogens (primary N) is 2. The largest absolute Gasteiger partial charge is 0.451 e. The van der Waals surface area contributed by atoms with Gasteiger partial charge in [-0.2, -0.15) is 4.99 Å². The van der Waals surface area contributed by atoms with Crippen LogP contribution in [-0.2, 0) is 35.4 Å². The van der Waals surface area contributed by atoms with Crippen LogP contribution in [0.15, 0.2) is 101 Å². The number of esters is 1. The van der Waals surface area contributed by atoms with Gasteiger partial charge in [0.2, 0.25) is 5.13 Å². The molecule has 16 heteroatoms. The summed E-state index contributed by atoms with van der Waals surface area (Å²) in [6.07, 6.45) is 0.987. The third-order valence-corrected chi connectivity index (χ3v) is 11.6. The van der Waals surface area contributed by atoms with Gasteiger partial charge in [0, 0.05) is 11.6 Å². The molecule has 3 atom stereocenters. The normalized spacial score (nSPS) is 21.5. The van der Waals surface area contributed by atoms with E-state index in [0.29, 0.717) is 22.5 Å². The average Bonchev–Trinajstić information content (AvgIpc) is 3.61. The maximum Gasteiger partial charge on any atom is 0.407 e. The molecule has 2 aliphatic rings. The number of ether oxygens (including phenoxy) is 2. The van der Waals surface area contributed by atoms with Crippen LogP contribution in [0.1, 0.15) is 35.5 Å². The zero-order valence-corrected chi connectivity index (χ0v) is 27.6. The van der Waals surface area contributed by atoms with Crippen LogP contribution in [0.2, 0.25) is 0 Å². The van der Waals surface area contributed by atoms with Gasteiger partial charge in [0.25, 0.3) is 5.91 Å². The fourth-order valence-corrected chi connectivity index (χ4v) is 8.70. The number of thiazole rings is 1. The summed E-state index contributed by atoms with van der Waals surface area (Å²) >= 11 is 1.15. The van der Waals surface area contributed by atoms with Crippen LogP contribution in [0.25, 0.3) is 6.08 Å². The molecule has 2 fully saturated rings. The molecule has 0 aliphatic carbocycles. The maximum absolute atomic E-state index is 14.3. The van der Waals surface area contributed by atoms with Gasteiger partial charge in [0.05, 0.1) is 23.5 Å². The molecule has 0 spiro atoms. The fourth-order valence-electron chi connectivity index (χ4n) is 5.72. The second-order valence-electron chi connectivity index (χ2n) is 11.4. The van der Waals surface area contributed by atoms with E-state index in [2.05, 4.69) is 20.3 Å². The molecule has 0 bridgehead atoms. The molecule has 2 saturated heterocycles. The topological polar surface area (TPSA) is 209 Å². The number of β-lactam (4-membered cyclic amide) rings is 1. The number of hydrogen-bond acceptors (Lipinski definition) is 11. The van der Waals surface area contributed by atoms with E-state index in [0.717, 1.165) is 16.2 Å². The van der Waals surface area contributed by atoms with Crippen molar-refractivity contribution in [3.05, 3.63) is 119 Å². The Labute approximate surface area is 285 Å². The van der Waals surface area contributed by atoms with E-state index in [9.17, 15) is 22.8 Å². The van der Waals surface area contributed by atoms with Gasteiger partial charge in [-0.15, -0.1) is 11.3 Å². The van der Waals surface area contributed by atoms with Crippen LogP contribution in [0.3, 0.4) is 0 Å². The van der Waals surface area contributed by atoms with Crippen molar-refractivity contribution in [1.82, 2.24) is 20.2 Å². The van der Waals surface area contributed by atoms with E-state index in [1.165, 1.54) is 19.2 Å². The van der Waals surface area contributed by atoms with Crippen LogP contribution in [0.4, 0.5) is 9.93 Å². The van der Waals surface area contributed by atoms with Crippen LogP contribution < -0.4 is 16.8 Å². The molecule has 49 heavy (non-hydrogen) atoms. The number of pyridine rings is 1. The number of hydrogen-bond donors (Lipinski definition) is 3. The van der Waals surface area contributed by atoms with E-state index >= 15 is 0 Å². The summed E-state index contributed by atoms with van der Waals surface area (Å²) in [6, 6.07) is 21.2. The van der Waals surface area contributed by atoms with Gasteiger partial charge >= 0.3 is 12.1 Å². The molecular weight excluding hydrogens is 671 g/mol. The first-order valence-corrected chi connectivity index (χ1v) is 17.4. The number of sulfone groups is 1. The van der Waals surface area contributed by atoms with Crippen molar-refractivity contribution in [1.29, 1.82) is 0 Å². The Balaban J connectivity index is 1.29. The van der Waals surface area contributed by atoms with E-state index in [-0.39, 0.29) is 23.2 Å². The predicted molar refractivity (Wildman–Crippen MR) is 181 cm³/mol. The minimum absolute atomic E-state index is 0.0625. The molecule has 0 unspecified atom stereocenters. The van der Waals surface area contributed by atoms with Crippen molar-refractivity contribution >= 4 is 56.3 Å². The van der Waals surface area contributed by atoms with Gasteiger partial charge in [0.1, 0.15) is 11.4 Å². The van der Waals surface area contributed by atoms with Gasteiger partial charge in [-0.3, -0.25) is 9.78 Å². The van der Waals surface area contributed by atoms with Crippen molar-refractivity contribution in [2.45, 2.75) is 35.7 Å². The number of carbonyl (C=O) groups is 3.